The fourth-order valence-electron chi connectivity index (χ4n) is 0.774. The Balaban J connectivity index is 2.28. The second-order valence-corrected chi connectivity index (χ2v) is 1.89. The van der Waals surface area contributed by atoms with Gasteiger partial charge < -0.3 is 10.1 Å². The second-order valence-electron chi connectivity index (χ2n) is 1.89. The Morgan fingerprint density at radius 2 is 2.67 bits per heavy atom. The number of hydrogen-bond donors (Lipinski definition) is 1. The third-order valence-corrected chi connectivity index (χ3v) is 1.16. The van der Waals surface area contributed by atoms with E-state index in [1.165, 1.54) is 0 Å². The zero-order chi connectivity index (χ0) is 6.53. The summed E-state index contributed by atoms with van der Waals surface area (Å²) in [6, 6.07) is 0. The lowest BCUT2D eigenvalue weighted by Gasteiger charge is -2.12. The molecule has 0 aromatic carbocycles. The third-order valence-electron chi connectivity index (χ3n) is 1.16. The van der Waals surface area contributed by atoms with Crippen molar-refractivity contribution < 1.29 is 4.74 Å². The molecule has 0 aromatic rings. The lowest BCUT2D eigenvalue weighted by molar-refractivity contribution is 0.312. The first-order valence-electron chi connectivity index (χ1n) is 3.30. The molecule has 1 N–H and O–H groups in total. The minimum atomic E-state index is 0.723. The summed E-state index contributed by atoms with van der Waals surface area (Å²) in [6.07, 6.45) is 0. The fourth-order valence-corrected chi connectivity index (χ4v) is 0.774. The van der Waals surface area contributed by atoms with E-state index in [9.17, 15) is 0 Å². The van der Waals surface area contributed by atoms with Crippen LogP contribution < -0.4 is 5.32 Å². The normalized spacial score (nSPS) is 19.0. The van der Waals surface area contributed by atoms with Crippen molar-refractivity contribution in [1.82, 2.24) is 5.32 Å². The number of aliphatic imine (C=N–C) groups is 1. The van der Waals surface area contributed by atoms with E-state index in [1.807, 2.05) is 6.92 Å². The maximum Gasteiger partial charge on any atom is 0.197 e. The molecule has 1 heterocycles. The van der Waals surface area contributed by atoms with Crippen LogP contribution in [0.4, 0.5) is 0 Å². The lowest BCUT2D eigenvalue weighted by atomic mass is 10.5. The number of nitrogens with zero attached hydrogens (tertiary/aromatic N) is 1. The fraction of sp³-hybridized carbons (Fsp3) is 0.833. The molecule has 0 aromatic heterocycles. The van der Waals surface area contributed by atoms with Crippen molar-refractivity contribution in [2.45, 2.75) is 6.92 Å². The van der Waals surface area contributed by atoms with Gasteiger partial charge in [0.1, 0.15) is 0 Å². The Morgan fingerprint density at radius 3 is 3.22 bits per heavy atom. The van der Waals surface area contributed by atoms with Crippen LogP contribution in [0.2, 0.25) is 0 Å². The predicted octanol–water partition coefficient (Wildman–Crippen LogP) is 0.0246. The van der Waals surface area contributed by atoms with Crippen LogP contribution in [0.5, 0.6) is 0 Å². The third kappa shape index (κ3) is 2.01. The van der Waals surface area contributed by atoms with Gasteiger partial charge in [-0.1, -0.05) is 0 Å². The first kappa shape index (κ1) is 6.55. The number of ether oxygens (including phenoxy) is 1. The van der Waals surface area contributed by atoms with E-state index in [4.69, 9.17) is 4.74 Å². The highest BCUT2D eigenvalue weighted by Crippen LogP contribution is 1.86. The first-order chi connectivity index (χ1) is 4.43. The van der Waals surface area contributed by atoms with Crippen molar-refractivity contribution in [3.63, 3.8) is 0 Å². The van der Waals surface area contributed by atoms with E-state index in [-0.39, 0.29) is 0 Å². The molecule has 3 heteroatoms. The molecule has 1 rings (SSSR count). The molecule has 52 valence electrons. The molecule has 0 bridgehead atoms. The average Bonchev–Trinajstić information content (AvgIpc) is 1.91. The van der Waals surface area contributed by atoms with Crippen molar-refractivity contribution in [2.24, 2.45) is 4.99 Å². The smallest absolute Gasteiger partial charge is 0.197 e. The van der Waals surface area contributed by atoms with Gasteiger partial charge in [0.15, 0.2) is 5.90 Å². The predicted molar refractivity (Wildman–Crippen MR) is 36.8 cm³/mol. The Kier molecular flexibility index (Phi) is 2.51. The summed E-state index contributed by atoms with van der Waals surface area (Å²) in [7, 11) is 0. The molecular formula is C6H12N2O. The molecule has 0 spiro atoms. The van der Waals surface area contributed by atoms with Gasteiger partial charge in [0, 0.05) is 6.54 Å². The van der Waals surface area contributed by atoms with Gasteiger partial charge in [-0.2, -0.15) is 0 Å². The Hall–Kier alpha value is -0.570. The summed E-state index contributed by atoms with van der Waals surface area (Å²) < 4.78 is 5.17. The van der Waals surface area contributed by atoms with Crippen LogP contribution in [0.15, 0.2) is 4.99 Å². The minimum absolute atomic E-state index is 0.723. The van der Waals surface area contributed by atoms with E-state index < -0.39 is 0 Å². The van der Waals surface area contributed by atoms with Gasteiger partial charge in [0.25, 0.3) is 0 Å². The number of hydrogen-bond acceptors (Lipinski definition) is 3. The second kappa shape index (κ2) is 3.45. The van der Waals surface area contributed by atoms with Gasteiger partial charge in [0.2, 0.25) is 0 Å². The van der Waals surface area contributed by atoms with Crippen LogP contribution in [0, 0.1) is 0 Å². The molecule has 0 atom stereocenters. The molecule has 0 radical (unpaired) electrons. The van der Waals surface area contributed by atoms with Gasteiger partial charge in [-0.15, -0.1) is 0 Å². The van der Waals surface area contributed by atoms with E-state index in [0.29, 0.717) is 0 Å². The molecule has 0 amide bonds. The van der Waals surface area contributed by atoms with E-state index in [1.54, 1.807) is 0 Å². The van der Waals surface area contributed by atoms with Crippen LogP contribution >= 0.6 is 0 Å². The summed E-state index contributed by atoms with van der Waals surface area (Å²) in [5.74, 6) is 0.851. The molecule has 1 aliphatic rings. The molecule has 9 heavy (non-hydrogen) atoms. The SMILES string of the molecule is CCOC1=NCCNC1. The van der Waals surface area contributed by atoms with Gasteiger partial charge in [-0.05, 0) is 6.92 Å². The number of rotatable bonds is 1. The standard InChI is InChI=1S/C6H12N2O/c1-2-9-6-5-7-3-4-8-6/h7H,2-5H2,1H3. The Morgan fingerprint density at radius 1 is 1.78 bits per heavy atom. The lowest BCUT2D eigenvalue weighted by Crippen LogP contribution is -2.32. The van der Waals surface area contributed by atoms with E-state index in [0.717, 1.165) is 32.1 Å². The molecular weight excluding hydrogens is 116 g/mol. The first-order valence-corrected chi connectivity index (χ1v) is 3.30. The quantitative estimate of drug-likeness (QED) is 0.540. The summed E-state index contributed by atoms with van der Waals surface area (Å²) >= 11 is 0. The Bertz CT molecular complexity index is 112. The van der Waals surface area contributed by atoms with Crippen molar-refractivity contribution in [1.29, 1.82) is 0 Å². The zero-order valence-electron chi connectivity index (χ0n) is 5.68. The van der Waals surface area contributed by atoms with Crippen molar-refractivity contribution in [3.05, 3.63) is 0 Å². The highest BCUT2D eigenvalue weighted by molar-refractivity contribution is 5.78. The zero-order valence-corrected chi connectivity index (χ0v) is 5.68. The van der Waals surface area contributed by atoms with Crippen LogP contribution in [0.1, 0.15) is 6.92 Å². The van der Waals surface area contributed by atoms with E-state index >= 15 is 0 Å². The van der Waals surface area contributed by atoms with E-state index in [2.05, 4.69) is 10.3 Å². The topological polar surface area (TPSA) is 33.6 Å². The maximum absolute atomic E-state index is 5.17. The molecule has 0 saturated carbocycles. The maximum atomic E-state index is 5.17. The van der Waals surface area contributed by atoms with Crippen LogP contribution in [0.25, 0.3) is 0 Å². The highest BCUT2D eigenvalue weighted by Gasteiger charge is 2.02. The average molecular weight is 128 g/mol. The number of nitrogens with one attached hydrogen (secondary N) is 1. The van der Waals surface area contributed by atoms with Crippen LogP contribution in [0.3, 0.4) is 0 Å². The summed E-state index contributed by atoms with van der Waals surface area (Å²) in [5, 5.41) is 3.16. The van der Waals surface area contributed by atoms with Crippen LogP contribution in [-0.2, 0) is 4.74 Å². The highest BCUT2D eigenvalue weighted by atomic mass is 16.5. The summed E-state index contributed by atoms with van der Waals surface area (Å²) in [4.78, 5) is 4.15. The van der Waals surface area contributed by atoms with Crippen LogP contribution in [-0.4, -0.2) is 32.1 Å². The molecule has 1 aliphatic heterocycles. The monoisotopic (exact) mass is 128 g/mol. The largest absolute Gasteiger partial charge is 0.480 e. The van der Waals surface area contributed by atoms with Gasteiger partial charge >= 0.3 is 0 Å². The van der Waals surface area contributed by atoms with Gasteiger partial charge in [0.05, 0.1) is 19.7 Å². The van der Waals surface area contributed by atoms with Crippen molar-refractivity contribution in [2.75, 3.05) is 26.2 Å². The van der Waals surface area contributed by atoms with Gasteiger partial charge in [-0.3, -0.25) is 4.99 Å². The van der Waals surface area contributed by atoms with Crippen molar-refractivity contribution in [3.8, 4) is 0 Å². The Labute approximate surface area is 55.1 Å². The molecule has 0 saturated heterocycles. The summed E-state index contributed by atoms with van der Waals surface area (Å²) in [6.45, 7) is 5.33. The van der Waals surface area contributed by atoms with Crippen molar-refractivity contribution >= 4 is 5.90 Å². The molecule has 0 unspecified atom stereocenters. The molecule has 0 aliphatic carbocycles. The molecule has 0 fully saturated rings. The molecule has 3 nitrogen and oxygen atoms in total. The van der Waals surface area contributed by atoms with Gasteiger partial charge in [-0.25, -0.2) is 0 Å². The minimum Gasteiger partial charge on any atom is -0.480 e. The summed E-state index contributed by atoms with van der Waals surface area (Å²) in [5.41, 5.74) is 0.